The first-order valence-electron chi connectivity index (χ1n) is 9.55. The highest BCUT2D eigenvalue weighted by atomic mass is 32.2. The van der Waals surface area contributed by atoms with Crippen molar-refractivity contribution in [2.45, 2.75) is 37.1 Å². The molecular weight excluding hydrogens is 366 g/mol. The van der Waals surface area contributed by atoms with Crippen molar-refractivity contribution in [1.29, 1.82) is 0 Å². The number of sulfonamides is 1. The van der Waals surface area contributed by atoms with E-state index in [1.165, 1.54) is 4.31 Å². The topological polar surface area (TPSA) is 87.7 Å². The highest BCUT2D eigenvalue weighted by molar-refractivity contribution is 7.89. The zero-order valence-corrected chi connectivity index (χ0v) is 16.7. The number of ether oxygens (including phenoxy) is 1. The van der Waals surface area contributed by atoms with E-state index < -0.39 is 15.4 Å². The van der Waals surface area contributed by atoms with Gasteiger partial charge in [-0.05, 0) is 56.5 Å². The summed E-state index contributed by atoms with van der Waals surface area (Å²) in [6, 6.07) is 6.80. The highest BCUT2D eigenvalue weighted by Crippen LogP contribution is 2.29. The Balaban J connectivity index is 1.62. The van der Waals surface area contributed by atoms with Gasteiger partial charge in [0.15, 0.2) is 0 Å². The van der Waals surface area contributed by atoms with Gasteiger partial charge in [0, 0.05) is 26.7 Å². The van der Waals surface area contributed by atoms with Gasteiger partial charge in [0.05, 0.1) is 16.9 Å². The number of carbonyl (C=O) groups is 1. The molecule has 0 saturated carbocycles. The number of benzene rings is 1. The Morgan fingerprint density at radius 2 is 1.81 bits per heavy atom. The molecule has 2 fully saturated rings. The average molecular weight is 396 g/mol. The fraction of sp³-hybridized carbons (Fsp3) is 0.632. The van der Waals surface area contributed by atoms with E-state index in [4.69, 9.17) is 4.74 Å². The fourth-order valence-electron chi connectivity index (χ4n) is 3.85. The van der Waals surface area contributed by atoms with Crippen LogP contribution in [0.5, 0.6) is 0 Å². The van der Waals surface area contributed by atoms with E-state index in [0.717, 1.165) is 44.3 Å². The number of hydrogen-bond acceptors (Lipinski definition) is 5. The molecule has 8 heteroatoms. The molecule has 2 saturated heterocycles. The van der Waals surface area contributed by atoms with Crippen LogP contribution >= 0.6 is 0 Å². The molecule has 0 radical (unpaired) electrons. The van der Waals surface area contributed by atoms with Gasteiger partial charge >= 0.3 is 0 Å². The summed E-state index contributed by atoms with van der Waals surface area (Å²) < 4.78 is 32.0. The average Bonchev–Trinajstić information content (AvgIpc) is 3.23. The van der Waals surface area contributed by atoms with Crippen LogP contribution in [-0.2, 0) is 26.1 Å². The molecule has 27 heavy (non-hydrogen) atoms. The van der Waals surface area contributed by atoms with Crippen molar-refractivity contribution in [2.24, 2.45) is 5.41 Å². The van der Waals surface area contributed by atoms with Crippen LogP contribution in [0.15, 0.2) is 29.2 Å². The summed E-state index contributed by atoms with van der Waals surface area (Å²) in [7, 11) is -1.78. The minimum absolute atomic E-state index is 0.000357. The SMILES string of the molecule is COCC1(C(=O)NCc2ccc(S(=O)(=O)N3CCCC3)cc2)CCNCC1. The molecule has 7 nitrogen and oxygen atoms in total. The molecule has 1 aromatic carbocycles. The van der Waals surface area contributed by atoms with Crippen molar-refractivity contribution in [2.75, 3.05) is 39.9 Å². The third-order valence-electron chi connectivity index (χ3n) is 5.54. The molecule has 150 valence electrons. The van der Waals surface area contributed by atoms with Gasteiger partial charge in [-0.3, -0.25) is 4.79 Å². The second-order valence-electron chi connectivity index (χ2n) is 7.40. The monoisotopic (exact) mass is 395 g/mol. The summed E-state index contributed by atoms with van der Waals surface area (Å²) in [5.74, 6) is -0.000357. The first-order valence-corrected chi connectivity index (χ1v) is 11.0. The van der Waals surface area contributed by atoms with E-state index in [-0.39, 0.29) is 5.91 Å². The van der Waals surface area contributed by atoms with Crippen LogP contribution in [0, 0.1) is 5.41 Å². The molecule has 2 N–H and O–H groups in total. The van der Waals surface area contributed by atoms with Crippen LogP contribution in [0.1, 0.15) is 31.2 Å². The second-order valence-corrected chi connectivity index (χ2v) is 9.34. The molecule has 1 amide bonds. The maximum Gasteiger partial charge on any atom is 0.243 e. The Kier molecular flexibility index (Phi) is 6.52. The van der Waals surface area contributed by atoms with Crippen LogP contribution in [-0.4, -0.2) is 58.5 Å². The second kappa shape index (κ2) is 8.68. The zero-order valence-electron chi connectivity index (χ0n) is 15.9. The number of piperidine rings is 1. The van der Waals surface area contributed by atoms with Crippen LogP contribution in [0.2, 0.25) is 0 Å². The van der Waals surface area contributed by atoms with Crippen LogP contribution in [0.3, 0.4) is 0 Å². The van der Waals surface area contributed by atoms with E-state index in [0.29, 0.717) is 31.1 Å². The van der Waals surface area contributed by atoms with Gasteiger partial charge in [0.2, 0.25) is 15.9 Å². The molecule has 2 aliphatic rings. The first-order chi connectivity index (χ1) is 13.0. The van der Waals surface area contributed by atoms with Crippen LogP contribution < -0.4 is 10.6 Å². The van der Waals surface area contributed by atoms with Crippen molar-refractivity contribution in [3.63, 3.8) is 0 Å². The third-order valence-corrected chi connectivity index (χ3v) is 7.46. The number of carbonyl (C=O) groups excluding carboxylic acids is 1. The van der Waals surface area contributed by atoms with E-state index in [2.05, 4.69) is 10.6 Å². The molecular formula is C19H29N3O4S. The molecule has 3 rings (SSSR count). The summed E-state index contributed by atoms with van der Waals surface area (Å²) in [5, 5.41) is 6.27. The standard InChI is InChI=1S/C19H29N3O4S/c1-26-15-19(8-10-20-11-9-19)18(23)21-14-16-4-6-17(7-5-16)27(24,25)22-12-2-3-13-22/h4-7,20H,2-3,8-15H2,1H3,(H,21,23). The Hall–Kier alpha value is -1.48. The van der Waals surface area contributed by atoms with Crippen LogP contribution in [0.25, 0.3) is 0 Å². The predicted octanol–water partition coefficient (Wildman–Crippen LogP) is 1.10. The minimum atomic E-state index is -3.40. The molecule has 0 aromatic heterocycles. The van der Waals surface area contributed by atoms with E-state index >= 15 is 0 Å². The zero-order chi connectivity index (χ0) is 19.3. The van der Waals surface area contributed by atoms with E-state index in [1.807, 2.05) is 0 Å². The molecule has 0 spiro atoms. The maximum absolute atomic E-state index is 12.8. The summed E-state index contributed by atoms with van der Waals surface area (Å²) in [6.07, 6.45) is 3.34. The molecule has 0 unspecified atom stereocenters. The summed E-state index contributed by atoms with van der Waals surface area (Å²) in [4.78, 5) is 13.1. The largest absolute Gasteiger partial charge is 0.384 e. The lowest BCUT2D eigenvalue weighted by atomic mass is 9.78. The quantitative estimate of drug-likeness (QED) is 0.722. The summed E-state index contributed by atoms with van der Waals surface area (Å²) in [5.41, 5.74) is 0.393. The van der Waals surface area contributed by atoms with Gasteiger partial charge < -0.3 is 15.4 Å². The first kappa shape index (κ1) is 20.3. The molecule has 2 heterocycles. The van der Waals surface area contributed by atoms with Crippen molar-refractivity contribution >= 4 is 15.9 Å². The van der Waals surface area contributed by atoms with Gasteiger partial charge in [-0.25, -0.2) is 8.42 Å². The number of hydrogen-bond donors (Lipinski definition) is 2. The van der Waals surface area contributed by atoms with Gasteiger partial charge in [0.25, 0.3) is 0 Å². The molecule has 0 aliphatic carbocycles. The van der Waals surface area contributed by atoms with Crippen molar-refractivity contribution in [3.8, 4) is 0 Å². The number of amides is 1. The lowest BCUT2D eigenvalue weighted by molar-refractivity contribution is -0.136. The Morgan fingerprint density at radius 1 is 1.19 bits per heavy atom. The number of nitrogens with one attached hydrogen (secondary N) is 2. The number of methoxy groups -OCH3 is 1. The van der Waals surface area contributed by atoms with Crippen molar-refractivity contribution in [1.82, 2.24) is 14.9 Å². The molecule has 0 bridgehead atoms. The van der Waals surface area contributed by atoms with Gasteiger partial charge in [-0.2, -0.15) is 4.31 Å². The van der Waals surface area contributed by atoms with Gasteiger partial charge in [-0.15, -0.1) is 0 Å². The minimum Gasteiger partial charge on any atom is -0.384 e. The number of nitrogens with zero attached hydrogens (tertiary/aromatic N) is 1. The molecule has 2 aliphatic heterocycles. The summed E-state index contributed by atoms with van der Waals surface area (Å²) in [6.45, 7) is 3.59. The predicted molar refractivity (Wildman–Crippen MR) is 103 cm³/mol. The maximum atomic E-state index is 12.8. The Bertz CT molecular complexity index is 731. The van der Waals surface area contributed by atoms with Crippen molar-refractivity contribution in [3.05, 3.63) is 29.8 Å². The smallest absolute Gasteiger partial charge is 0.243 e. The van der Waals surface area contributed by atoms with Gasteiger partial charge in [0.1, 0.15) is 0 Å². The fourth-order valence-corrected chi connectivity index (χ4v) is 5.36. The number of rotatable bonds is 7. The van der Waals surface area contributed by atoms with E-state index in [1.54, 1.807) is 31.4 Å². The molecule has 1 aromatic rings. The van der Waals surface area contributed by atoms with Gasteiger partial charge in [-0.1, -0.05) is 12.1 Å². The lowest BCUT2D eigenvalue weighted by Gasteiger charge is -2.35. The highest BCUT2D eigenvalue weighted by Gasteiger charge is 2.39. The molecule has 0 atom stereocenters. The van der Waals surface area contributed by atoms with E-state index in [9.17, 15) is 13.2 Å². The normalized spacial score (nSPS) is 20.5. The van der Waals surface area contributed by atoms with Crippen molar-refractivity contribution < 1.29 is 17.9 Å². The summed E-state index contributed by atoms with van der Waals surface area (Å²) >= 11 is 0. The lowest BCUT2D eigenvalue weighted by Crippen LogP contribution is -2.49. The Labute approximate surface area is 161 Å². The Morgan fingerprint density at radius 3 is 2.41 bits per heavy atom. The third kappa shape index (κ3) is 4.51. The van der Waals surface area contributed by atoms with Crippen LogP contribution in [0.4, 0.5) is 0 Å².